The lowest BCUT2D eigenvalue weighted by molar-refractivity contribution is 0.316. The topological polar surface area (TPSA) is 97.4 Å². The Balaban J connectivity index is 2.38. The first-order chi connectivity index (χ1) is 12.0. The van der Waals surface area contributed by atoms with E-state index >= 15 is 0 Å². The molecule has 1 aromatic carbocycles. The van der Waals surface area contributed by atoms with Crippen molar-refractivity contribution in [1.82, 2.24) is 0 Å². The normalized spacial score (nSPS) is 24.4. The highest BCUT2D eigenvalue weighted by atomic mass is 14.7. The van der Waals surface area contributed by atoms with E-state index in [1.54, 1.807) is 0 Å². The molecule has 0 fully saturated rings. The van der Waals surface area contributed by atoms with Crippen molar-refractivity contribution in [3.63, 3.8) is 0 Å². The summed E-state index contributed by atoms with van der Waals surface area (Å²) in [4.78, 5) is 0. The average molecular weight is 328 g/mol. The van der Waals surface area contributed by atoms with Gasteiger partial charge >= 0.3 is 0 Å². The summed E-state index contributed by atoms with van der Waals surface area (Å²) < 4.78 is 0. The maximum absolute atomic E-state index is 9.99. The lowest BCUT2D eigenvalue weighted by atomic mass is 9.56. The van der Waals surface area contributed by atoms with Crippen molar-refractivity contribution in [3.05, 3.63) is 57.8 Å². The molecular weight excluding hydrogens is 308 g/mol. The highest BCUT2D eigenvalue weighted by molar-refractivity contribution is 5.59. The van der Waals surface area contributed by atoms with Crippen LogP contribution in [-0.2, 0) is 0 Å². The van der Waals surface area contributed by atoms with Gasteiger partial charge in [-0.1, -0.05) is 29.8 Å². The van der Waals surface area contributed by atoms with Crippen LogP contribution in [0, 0.1) is 59.2 Å². The van der Waals surface area contributed by atoms with Gasteiger partial charge in [0.15, 0.2) is 5.41 Å². The third-order valence-corrected chi connectivity index (χ3v) is 5.57. The van der Waals surface area contributed by atoms with Crippen LogP contribution in [0.4, 0.5) is 0 Å². The second kappa shape index (κ2) is 6.12. The molecule has 0 saturated carbocycles. The summed E-state index contributed by atoms with van der Waals surface area (Å²) in [5, 5.41) is 29.6. The summed E-state index contributed by atoms with van der Waals surface area (Å²) in [5.74, 6) is -0.387. The Labute approximate surface area is 148 Å². The third-order valence-electron chi connectivity index (χ3n) is 5.57. The minimum Gasteiger partial charge on any atom is -0.399 e. The number of hydrogen-bond donors (Lipinski definition) is 1. The number of allylic oxidation sites excluding steroid dienone is 4. The van der Waals surface area contributed by atoms with Gasteiger partial charge in [-0.2, -0.15) is 15.8 Å². The van der Waals surface area contributed by atoms with E-state index in [4.69, 9.17) is 5.73 Å². The summed E-state index contributed by atoms with van der Waals surface area (Å²) >= 11 is 0. The van der Waals surface area contributed by atoms with Gasteiger partial charge in [-0.15, -0.1) is 0 Å². The highest BCUT2D eigenvalue weighted by Gasteiger charge is 2.54. The smallest absolute Gasteiger partial charge is 0.191 e. The number of rotatable bonds is 1. The van der Waals surface area contributed by atoms with Crippen molar-refractivity contribution in [2.75, 3.05) is 0 Å². The molecular formula is C21H20N4. The first-order valence-electron chi connectivity index (χ1n) is 8.50. The van der Waals surface area contributed by atoms with Crippen LogP contribution >= 0.6 is 0 Å². The van der Waals surface area contributed by atoms with Gasteiger partial charge < -0.3 is 5.73 Å². The van der Waals surface area contributed by atoms with Gasteiger partial charge in [-0.05, 0) is 55.7 Å². The fraction of sp³-hybridized carbons (Fsp3) is 0.381. The lowest BCUT2D eigenvalue weighted by Gasteiger charge is -2.43. The van der Waals surface area contributed by atoms with E-state index in [1.807, 2.05) is 26.0 Å². The van der Waals surface area contributed by atoms with Gasteiger partial charge in [0, 0.05) is 5.92 Å². The van der Waals surface area contributed by atoms with Crippen molar-refractivity contribution in [1.29, 1.82) is 15.8 Å². The number of nitrogens with two attached hydrogens (primary N) is 1. The van der Waals surface area contributed by atoms with E-state index in [1.165, 1.54) is 0 Å². The second-order valence-electron chi connectivity index (χ2n) is 6.97. The van der Waals surface area contributed by atoms with Crippen LogP contribution in [0.15, 0.2) is 41.1 Å². The maximum Gasteiger partial charge on any atom is 0.191 e. The molecule has 1 aromatic rings. The Hall–Kier alpha value is -3.03. The molecule has 4 heteroatoms. The van der Waals surface area contributed by atoms with E-state index in [0.29, 0.717) is 5.57 Å². The molecule has 3 rings (SSSR count). The molecule has 0 amide bonds. The Bertz CT molecular complexity index is 901. The molecule has 124 valence electrons. The fourth-order valence-corrected chi connectivity index (χ4v) is 4.31. The molecule has 2 aliphatic carbocycles. The predicted octanol–water partition coefficient (Wildman–Crippen LogP) is 3.90. The molecule has 0 saturated heterocycles. The summed E-state index contributed by atoms with van der Waals surface area (Å²) in [6.07, 6.45) is 4.81. The Morgan fingerprint density at radius 3 is 2.52 bits per heavy atom. The van der Waals surface area contributed by atoms with Crippen molar-refractivity contribution in [3.8, 4) is 18.2 Å². The highest BCUT2D eigenvalue weighted by Crippen LogP contribution is 2.56. The first kappa shape index (κ1) is 16.8. The Kier molecular flexibility index (Phi) is 4.12. The standard InChI is InChI=1S/C21H20N4/c1-13-7-8-14(2)17(9-13)19-16-6-4-3-5-15(16)18(10-22)20(25)21(19,11-23)12-24/h5,7-9,16,19H,3-4,6,25H2,1-2H3/t16-,19-/m1/s1. The molecule has 2 atom stereocenters. The fourth-order valence-electron chi connectivity index (χ4n) is 4.31. The SMILES string of the molecule is Cc1ccc(C)c([C@H]2[C@@H]3CCCC=C3C(C#N)=C(N)C2(C#N)C#N)c1. The Morgan fingerprint density at radius 2 is 1.88 bits per heavy atom. The van der Waals surface area contributed by atoms with Gasteiger partial charge in [0.25, 0.3) is 0 Å². The van der Waals surface area contributed by atoms with Gasteiger partial charge in [0.05, 0.1) is 23.4 Å². The molecule has 25 heavy (non-hydrogen) atoms. The minimum atomic E-state index is -1.51. The number of hydrogen-bond acceptors (Lipinski definition) is 4. The molecule has 2 N–H and O–H groups in total. The van der Waals surface area contributed by atoms with Gasteiger partial charge in [0.1, 0.15) is 6.07 Å². The molecule has 4 nitrogen and oxygen atoms in total. The average Bonchev–Trinajstić information content (AvgIpc) is 2.63. The van der Waals surface area contributed by atoms with E-state index in [9.17, 15) is 15.8 Å². The molecule has 0 spiro atoms. The van der Waals surface area contributed by atoms with E-state index in [2.05, 4.69) is 30.4 Å². The maximum atomic E-state index is 9.99. The predicted molar refractivity (Wildman–Crippen MR) is 94.6 cm³/mol. The quantitative estimate of drug-likeness (QED) is 0.845. The van der Waals surface area contributed by atoms with Crippen LogP contribution in [0.3, 0.4) is 0 Å². The van der Waals surface area contributed by atoms with Gasteiger partial charge in [0.2, 0.25) is 0 Å². The second-order valence-corrected chi connectivity index (χ2v) is 6.97. The van der Waals surface area contributed by atoms with Crippen molar-refractivity contribution in [2.24, 2.45) is 17.1 Å². The van der Waals surface area contributed by atoms with Crippen LogP contribution in [0.2, 0.25) is 0 Å². The number of aryl methyl sites for hydroxylation is 2. The summed E-state index contributed by atoms with van der Waals surface area (Å²) in [5.41, 5.74) is 9.24. The molecule has 0 aromatic heterocycles. The van der Waals surface area contributed by atoms with Crippen LogP contribution < -0.4 is 5.73 Å². The molecule has 0 bridgehead atoms. The van der Waals surface area contributed by atoms with Crippen molar-refractivity contribution >= 4 is 0 Å². The summed E-state index contributed by atoms with van der Waals surface area (Å²) in [6, 6.07) is 12.6. The van der Waals surface area contributed by atoms with Gasteiger partial charge in [-0.3, -0.25) is 0 Å². The lowest BCUT2D eigenvalue weighted by Crippen LogP contribution is -2.43. The van der Waals surface area contributed by atoms with E-state index < -0.39 is 5.41 Å². The first-order valence-corrected chi connectivity index (χ1v) is 8.50. The largest absolute Gasteiger partial charge is 0.399 e. The molecule has 0 radical (unpaired) electrons. The van der Waals surface area contributed by atoms with Crippen molar-refractivity contribution < 1.29 is 0 Å². The number of nitrogens with zero attached hydrogens (tertiary/aromatic N) is 3. The monoisotopic (exact) mass is 328 g/mol. The number of benzene rings is 1. The van der Waals surface area contributed by atoms with Crippen molar-refractivity contribution in [2.45, 2.75) is 39.0 Å². The van der Waals surface area contributed by atoms with Crippen LogP contribution in [0.1, 0.15) is 41.9 Å². The molecule has 2 aliphatic rings. The molecule has 0 aliphatic heterocycles. The summed E-state index contributed by atoms with van der Waals surface area (Å²) in [7, 11) is 0. The van der Waals surface area contributed by atoms with Gasteiger partial charge in [-0.25, -0.2) is 0 Å². The Morgan fingerprint density at radius 1 is 1.16 bits per heavy atom. The van der Waals surface area contributed by atoms with Crippen LogP contribution in [-0.4, -0.2) is 0 Å². The van der Waals surface area contributed by atoms with E-state index in [-0.39, 0.29) is 17.5 Å². The molecule has 0 unspecified atom stereocenters. The minimum absolute atomic E-state index is 0.0319. The number of fused-ring (bicyclic) bond motifs is 1. The third kappa shape index (κ3) is 2.33. The molecule has 0 heterocycles. The van der Waals surface area contributed by atoms with Crippen LogP contribution in [0.5, 0.6) is 0 Å². The zero-order valence-electron chi connectivity index (χ0n) is 14.5. The zero-order chi connectivity index (χ0) is 18.2. The number of nitriles is 3. The van der Waals surface area contributed by atoms with Crippen LogP contribution in [0.25, 0.3) is 0 Å². The van der Waals surface area contributed by atoms with E-state index in [0.717, 1.165) is 41.5 Å². The zero-order valence-corrected chi connectivity index (χ0v) is 14.5. The summed E-state index contributed by atoms with van der Waals surface area (Å²) in [6.45, 7) is 4.00.